The third-order valence-electron chi connectivity index (χ3n) is 13.9. The fraction of sp³-hybridized carbons (Fsp3) is 0.148. The van der Waals surface area contributed by atoms with Crippen molar-refractivity contribution in [3.8, 4) is 11.1 Å². The number of hydrogen-bond donors (Lipinski definition) is 0. The van der Waals surface area contributed by atoms with Gasteiger partial charge in [0.2, 0.25) is 0 Å². The monoisotopic (exact) mass is 751 g/mol. The Morgan fingerprint density at radius 3 is 2.11 bits per heavy atom. The molecule has 0 fully saturated rings. The molecule has 2 nitrogen and oxygen atoms in total. The molecular weight excluding hydrogens is 711 g/mol. The van der Waals surface area contributed by atoms with E-state index in [9.17, 15) is 0 Å². The number of anilines is 2. The molecular formula is C54H41NOS. The Hall–Kier alpha value is -6.16. The van der Waals surface area contributed by atoms with Crippen LogP contribution in [0.1, 0.15) is 56.1 Å². The Bertz CT molecular complexity index is 3200. The van der Waals surface area contributed by atoms with Gasteiger partial charge in [-0.25, -0.2) is 0 Å². The van der Waals surface area contributed by atoms with E-state index in [4.69, 9.17) is 4.42 Å². The SMILES string of the molecule is CC1C2=C3C(C)(c4ccccc4N(c4ccc(-c5ccccc5)cc4)C3(C)C=CC2(C)c2cccc3c2sc2ccccc23)c2c1oc1c2ccc2ccccc21. The first kappa shape index (κ1) is 33.0. The van der Waals surface area contributed by atoms with E-state index in [1.54, 1.807) is 0 Å². The second-order valence-electron chi connectivity index (χ2n) is 16.9. The van der Waals surface area contributed by atoms with Gasteiger partial charge in [-0.2, -0.15) is 0 Å². The summed E-state index contributed by atoms with van der Waals surface area (Å²) in [6.45, 7) is 9.86. The molecule has 0 N–H and O–H groups in total. The van der Waals surface area contributed by atoms with Gasteiger partial charge in [0, 0.05) is 64.6 Å². The van der Waals surface area contributed by atoms with Crippen LogP contribution in [0.3, 0.4) is 0 Å². The van der Waals surface area contributed by atoms with Crippen LogP contribution in [0.25, 0.3) is 53.0 Å². The average molecular weight is 752 g/mol. The van der Waals surface area contributed by atoms with Gasteiger partial charge < -0.3 is 9.32 Å². The molecule has 0 radical (unpaired) electrons. The molecule has 274 valence electrons. The normalized spacial score (nSPS) is 23.6. The molecule has 12 rings (SSSR count). The molecule has 0 saturated heterocycles. The zero-order valence-corrected chi connectivity index (χ0v) is 33.3. The van der Waals surface area contributed by atoms with E-state index in [0.717, 1.165) is 11.3 Å². The van der Waals surface area contributed by atoms with Crippen LogP contribution < -0.4 is 4.90 Å². The summed E-state index contributed by atoms with van der Waals surface area (Å²) in [6.07, 6.45) is 5.09. The van der Waals surface area contributed by atoms with Gasteiger partial charge in [-0.15, -0.1) is 11.3 Å². The molecule has 3 heteroatoms. The summed E-state index contributed by atoms with van der Waals surface area (Å²) >= 11 is 1.93. The predicted octanol–water partition coefficient (Wildman–Crippen LogP) is 14.8. The van der Waals surface area contributed by atoms with E-state index >= 15 is 0 Å². The second kappa shape index (κ2) is 11.5. The molecule has 3 aliphatic rings. The highest BCUT2D eigenvalue weighted by Gasteiger charge is 2.61. The van der Waals surface area contributed by atoms with Crippen LogP contribution in [0.4, 0.5) is 11.4 Å². The predicted molar refractivity (Wildman–Crippen MR) is 240 cm³/mol. The van der Waals surface area contributed by atoms with Gasteiger partial charge >= 0.3 is 0 Å². The quantitative estimate of drug-likeness (QED) is 0.167. The first-order valence-corrected chi connectivity index (χ1v) is 21.0. The van der Waals surface area contributed by atoms with Gasteiger partial charge in [0.1, 0.15) is 11.3 Å². The number of para-hydroxylation sites is 1. The van der Waals surface area contributed by atoms with Crippen LogP contribution in [-0.4, -0.2) is 5.54 Å². The molecule has 0 saturated carbocycles. The van der Waals surface area contributed by atoms with Gasteiger partial charge in [-0.05, 0) is 83.8 Å². The van der Waals surface area contributed by atoms with Crippen molar-refractivity contribution in [2.45, 2.75) is 50.0 Å². The van der Waals surface area contributed by atoms with E-state index in [1.807, 2.05) is 11.3 Å². The summed E-state index contributed by atoms with van der Waals surface area (Å²) in [5.74, 6) is 1.10. The van der Waals surface area contributed by atoms with Gasteiger partial charge in [-0.1, -0.05) is 153 Å². The van der Waals surface area contributed by atoms with E-state index in [2.05, 4.69) is 202 Å². The minimum absolute atomic E-state index is 0.0146. The lowest BCUT2D eigenvalue weighted by molar-refractivity contribution is 0.402. The van der Waals surface area contributed by atoms with Gasteiger partial charge in [0.15, 0.2) is 0 Å². The lowest BCUT2D eigenvalue weighted by Crippen LogP contribution is -2.59. The first-order chi connectivity index (χ1) is 27.8. The summed E-state index contributed by atoms with van der Waals surface area (Å²) in [5, 5.41) is 6.24. The smallest absolute Gasteiger partial charge is 0.142 e. The molecule has 57 heavy (non-hydrogen) atoms. The van der Waals surface area contributed by atoms with Crippen molar-refractivity contribution < 1.29 is 4.42 Å². The molecule has 0 amide bonds. The van der Waals surface area contributed by atoms with E-state index < -0.39 is 16.4 Å². The standard InChI is InChI=1S/C54H41NOS/c1-33-46-51-53(3,32-31-52(46,2)43-22-14-20-40-39-19-10-13-24-45(39)57-50(40)43)55(37-28-25-35(26-29-37)34-15-6-5-7-16-34)44-23-12-11-21-42(44)54(51,4)47-41-30-27-36-17-8-9-18-38(36)49(41)56-48(33)47/h5-33H,1-4H3. The third kappa shape index (κ3) is 4.20. The van der Waals surface area contributed by atoms with Crippen molar-refractivity contribution in [2.24, 2.45) is 0 Å². The minimum atomic E-state index is -0.493. The Kier molecular flexibility index (Phi) is 6.64. The molecule has 2 aliphatic carbocycles. The maximum Gasteiger partial charge on any atom is 0.142 e. The zero-order chi connectivity index (χ0) is 38.3. The molecule has 2 aromatic heterocycles. The number of furan rings is 1. The van der Waals surface area contributed by atoms with Crippen LogP contribution in [-0.2, 0) is 10.8 Å². The fourth-order valence-corrected chi connectivity index (χ4v) is 12.8. The second-order valence-corrected chi connectivity index (χ2v) is 17.9. The van der Waals surface area contributed by atoms with Crippen molar-refractivity contribution in [3.63, 3.8) is 0 Å². The Morgan fingerprint density at radius 1 is 0.579 bits per heavy atom. The maximum atomic E-state index is 7.33. The Labute approximate surface area is 337 Å². The first-order valence-electron chi connectivity index (χ1n) is 20.2. The molecule has 4 unspecified atom stereocenters. The van der Waals surface area contributed by atoms with E-state index in [0.29, 0.717) is 0 Å². The van der Waals surface area contributed by atoms with Crippen LogP contribution in [0.2, 0.25) is 0 Å². The van der Waals surface area contributed by atoms with Crippen molar-refractivity contribution >= 4 is 64.6 Å². The summed E-state index contributed by atoms with van der Waals surface area (Å²) < 4.78 is 10.0. The number of hydrogen-bond acceptors (Lipinski definition) is 3. The van der Waals surface area contributed by atoms with Gasteiger partial charge in [-0.3, -0.25) is 0 Å². The summed E-state index contributed by atoms with van der Waals surface area (Å²) in [4.78, 5) is 2.62. The van der Waals surface area contributed by atoms with Crippen LogP contribution in [0.5, 0.6) is 0 Å². The Morgan fingerprint density at radius 2 is 1.26 bits per heavy atom. The number of thiophene rings is 1. The van der Waals surface area contributed by atoms with E-state index in [1.165, 1.54) is 86.7 Å². The van der Waals surface area contributed by atoms with Crippen molar-refractivity contribution in [1.29, 1.82) is 0 Å². The van der Waals surface area contributed by atoms with Crippen molar-refractivity contribution in [2.75, 3.05) is 4.90 Å². The lowest BCUT2D eigenvalue weighted by atomic mass is 9.49. The number of benzene rings is 7. The Balaban J connectivity index is 1.19. The number of fused-ring (bicyclic) bond motifs is 11. The third-order valence-corrected chi connectivity index (χ3v) is 15.1. The minimum Gasteiger partial charge on any atom is -0.459 e. The molecule has 4 atom stereocenters. The van der Waals surface area contributed by atoms with Crippen molar-refractivity contribution in [1.82, 2.24) is 0 Å². The highest BCUT2D eigenvalue weighted by Crippen LogP contribution is 2.67. The van der Waals surface area contributed by atoms with Crippen LogP contribution in [0.15, 0.2) is 185 Å². The largest absolute Gasteiger partial charge is 0.459 e. The maximum absolute atomic E-state index is 7.33. The fourth-order valence-electron chi connectivity index (χ4n) is 11.4. The number of allylic oxidation sites excluding steroid dienone is 2. The summed E-state index contributed by atoms with van der Waals surface area (Å²) in [5.41, 5.74) is 11.3. The molecule has 7 aromatic carbocycles. The molecule has 0 spiro atoms. The van der Waals surface area contributed by atoms with Crippen LogP contribution in [0, 0.1) is 0 Å². The highest BCUT2D eigenvalue weighted by atomic mass is 32.1. The highest BCUT2D eigenvalue weighted by molar-refractivity contribution is 7.26. The zero-order valence-electron chi connectivity index (χ0n) is 32.5. The lowest BCUT2D eigenvalue weighted by Gasteiger charge is -2.60. The van der Waals surface area contributed by atoms with E-state index in [-0.39, 0.29) is 5.92 Å². The molecule has 0 bridgehead atoms. The summed E-state index contributed by atoms with van der Waals surface area (Å²) in [6, 6.07) is 58.2. The number of rotatable bonds is 3. The van der Waals surface area contributed by atoms with Crippen LogP contribution >= 0.6 is 11.3 Å². The molecule has 3 heterocycles. The van der Waals surface area contributed by atoms with Crippen molar-refractivity contribution in [3.05, 3.63) is 203 Å². The summed E-state index contributed by atoms with van der Waals surface area (Å²) in [7, 11) is 0. The molecule has 9 aromatic rings. The van der Waals surface area contributed by atoms with Gasteiger partial charge in [0.05, 0.1) is 5.54 Å². The van der Waals surface area contributed by atoms with Gasteiger partial charge in [0.25, 0.3) is 0 Å². The molecule has 1 aliphatic heterocycles. The number of nitrogens with zero attached hydrogens (tertiary/aromatic N) is 1. The average Bonchev–Trinajstić information content (AvgIpc) is 3.85. The topological polar surface area (TPSA) is 16.4 Å².